The Morgan fingerprint density at radius 3 is 2.39 bits per heavy atom. The molecular formula is C23H22F6N4O3. The number of nitrogens with one attached hydrogen (secondary N) is 1. The maximum absolute atomic E-state index is 13.9. The van der Waals surface area contributed by atoms with E-state index in [9.17, 15) is 40.7 Å². The van der Waals surface area contributed by atoms with Gasteiger partial charge in [0.1, 0.15) is 25.5 Å². The SMILES string of the molecule is NC(CC(=O)N1CC(=O)N(CC(=O)NCC(F)(F)F)c2ccccc2C1)Cc1cc(F)c(F)cc1F. The Morgan fingerprint density at radius 2 is 1.69 bits per heavy atom. The lowest BCUT2D eigenvalue weighted by Crippen LogP contribution is -2.46. The molecule has 1 heterocycles. The van der Waals surface area contributed by atoms with Gasteiger partial charge in [0.25, 0.3) is 0 Å². The highest BCUT2D eigenvalue weighted by Gasteiger charge is 2.32. The van der Waals surface area contributed by atoms with Crippen LogP contribution in [0.15, 0.2) is 36.4 Å². The number of alkyl halides is 3. The smallest absolute Gasteiger partial charge is 0.345 e. The van der Waals surface area contributed by atoms with Crippen molar-refractivity contribution in [3.8, 4) is 0 Å². The number of fused-ring (bicyclic) bond motifs is 1. The molecule has 3 amide bonds. The van der Waals surface area contributed by atoms with Gasteiger partial charge in [0.2, 0.25) is 17.7 Å². The number of hydrogen-bond acceptors (Lipinski definition) is 4. The summed E-state index contributed by atoms with van der Waals surface area (Å²) in [6.07, 6.45) is -5.26. The summed E-state index contributed by atoms with van der Waals surface area (Å²) in [4.78, 5) is 40.0. The maximum Gasteiger partial charge on any atom is 0.405 e. The summed E-state index contributed by atoms with van der Waals surface area (Å²) in [6, 6.07) is 6.31. The van der Waals surface area contributed by atoms with Crippen molar-refractivity contribution in [2.45, 2.75) is 31.6 Å². The van der Waals surface area contributed by atoms with E-state index in [-0.39, 0.29) is 30.6 Å². The Kier molecular flexibility index (Phi) is 8.23. The Labute approximate surface area is 201 Å². The van der Waals surface area contributed by atoms with Crippen molar-refractivity contribution in [1.29, 1.82) is 0 Å². The van der Waals surface area contributed by atoms with Gasteiger partial charge in [-0.1, -0.05) is 18.2 Å². The summed E-state index contributed by atoms with van der Waals surface area (Å²) in [5.41, 5.74) is 6.43. The molecule has 0 saturated carbocycles. The Hall–Kier alpha value is -3.61. The first-order chi connectivity index (χ1) is 16.8. The normalized spacial score (nSPS) is 14.8. The fraction of sp³-hybridized carbons (Fsp3) is 0.348. The number of hydrogen-bond donors (Lipinski definition) is 2. The highest BCUT2D eigenvalue weighted by molar-refractivity contribution is 6.02. The molecule has 1 atom stereocenters. The largest absolute Gasteiger partial charge is 0.405 e. The van der Waals surface area contributed by atoms with Gasteiger partial charge in [-0.15, -0.1) is 0 Å². The lowest BCUT2D eigenvalue weighted by atomic mass is 10.0. The van der Waals surface area contributed by atoms with Crippen LogP contribution in [0.3, 0.4) is 0 Å². The average molecular weight is 516 g/mol. The standard InChI is InChI=1S/C23H22F6N4O3/c24-16-8-18(26)17(25)6-14(16)5-15(30)7-21(35)32-9-13-3-1-2-4-19(13)33(22(36)11-32)10-20(34)31-12-23(27,28)29/h1-4,6,8,15H,5,7,9-12,30H2,(H,31,34). The molecule has 0 saturated heterocycles. The van der Waals surface area contributed by atoms with Gasteiger partial charge in [0.15, 0.2) is 11.6 Å². The lowest BCUT2D eigenvalue weighted by Gasteiger charge is -2.23. The van der Waals surface area contributed by atoms with E-state index in [1.807, 2.05) is 0 Å². The van der Waals surface area contributed by atoms with Crippen LogP contribution in [0.4, 0.5) is 32.0 Å². The third-order valence-corrected chi connectivity index (χ3v) is 5.42. The molecule has 13 heteroatoms. The predicted molar refractivity (Wildman–Crippen MR) is 116 cm³/mol. The van der Waals surface area contributed by atoms with E-state index in [1.54, 1.807) is 23.5 Å². The number of rotatable bonds is 7. The van der Waals surface area contributed by atoms with E-state index in [1.165, 1.54) is 6.07 Å². The van der Waals surface area contributed by atoms with E-state index in [2.05, 4.69) is 0 Å². The van der Waals surface area contributed by atoms with Crippen LogP contribution in [0, 0.1) is 17.5 Å². The average Bonchev–Trinajstić information content (AvgIpc) is 2.92. The van der Waals surface area contributed by atoms with Crippen LogP contribution in [0.2, 0.25) is 0 Å². The van der Waals surface area contributed by atoms with Gasteiger partial charge >= 0.3 is 6.18 Å². The quantitative estimate of drug-likeness (QED) is 0.437. The Balaban J connectivity index is 1.71. The van der Waals surface area contributed by atoms with Crippen molar-refractivity contribution in [3.63, 3.8) is 0 Å². The van der Waals surface area contributed by atoms with Gasteiger partial charge in [-0.25, -0.2) is 13.2 Å². The number of para-hydroxylation sites is 1. The fourth-order valence-electron chi connectivity index (χ4n) is 3.73. The minimum absolute atomic E-state index is 0.0618. The van der Waals surface area contributed by atoms with Gasteiger partial charge < -0.3 is 20.9 Å². The number of halogens is 6. The second-order valence-corrected chi connectivity index (χ2v) is 8.28. The van der Waals surface area contributed by atoms with Crippen molar-refractivity contribution >= 4 is 23.4 Å². The zero-order chi connectivity index (χ0) is 26.6. The van der Waals surface area contributed by atoms with Crippen LogP contribution in [-0.4, -0.2) is 54.5 Å². The second-order valence-electron chi connectivity index (χ2n) is 8.28. The number of amides is 3. The predicted octanol–water partition coefficient (Wildman–Crippen LogP) is 2.42. The molecule has 194 valence electrons. The summed E-state index contributed by atoms with van der Waals surface area (Å²) >= 11 is 0. The number of nitrogens with two attached hydrogens (primary N) is 1. The molecule has 3 N–H and O–H groups in total. The molecule has 0 bridgehead atoms. The van der Waals surface area contributed by atoms with Crippen LogP contribution < -0.4 is 16.0 Å². The Bertz CT molecular complexity index is 1160. The topological polar surface area (TPSA) is 95.7 Å². The van der Waals surface area contributed by atoms with Crippen LogP contribution in [0.1, 0.15) is 17.5 Å². The van der Waals surface area contributed by atoms with Gasteiger partial charge in [-0.05, 0) is 29.7 Å². The maximum atomic E-state index is 13.9. The minimum atomic E-state index is -4.62. The zero-order valence-corrected chi connectivity index (χ0v) is 18.7. The molecular weight excluding hydrogens is 494 g/mol. The third-order valence-electron chi connectivity index (χ3n) is 5.42. The summed E-state index contributed by atoms with van der Waals surface area (Å²) in [7, 11) is 0. The van der Waals surface area contributed by atoms with Crippen LogP contribution in [0.5, 0.6) is 0 Å². The monoisotopic (exact) mass is 516 g/mol. The number of carbonyl (C=O) groups excluding carboxylic acids is 3. The molecule has 36 heavy (non-hydrogen) atoms. The number of anilines is 1. The first-order valence-corrected chi connectivity index (χ1v) is 10.7. The van der Waals surface area contributed by atoms with E-state index in [0.29, 0.717) is 17.7 Å². The molecule has 2 aromatic rings. The highest BCUT2D eigenvalue weighted by Crippen LogP contribution is 2.26. The van der Waals surface area contributed by atoms with Gasteiger partial charge in [-0.2, -0.15) is 13.2 Å². The van der Waals surface area contributed by atoms with Gasteiger partial charge in [0.05, 0.1) is 0 Å². The van der Waals surface area contributed by atoms with Gasteiger partial charge in [0, 0.05) is 30.8 Å². The van der Waals surface area contributed by atoms with Crippen LogP contribution in [0.25, 0.3) is 0 Å². The van der Waals surface area contributed by atoms with E-state index in [4.69, 9.17) is 5.73 Å². The molecule has 7 nitrogen and oxygen atoms in total. The first-order valence-electron chi connectivity index (χ1n) is 10.7. The fourth-order valence-corrected chi connectivity index (χ4v) is 3.73. The highest BCUT2D eigenvalue weighted by atomic mass is 19.4. The summed E-state index contributed by atoms with van der Waals surface area (Å²) in [5.74, 6) is -5.99. The van der Waals surface area contributed by atoms with Crippen molar-refractivity contribution in [2.75, 3.05) is 24.5 Å². The summed E-state index contributed by atoms with van der Waals surface area (Å²) < 4.78 is 77.7. The molecule has 0 aromatic heterocycles. The first kappa shape index (κ1) is 27.0. The van der Waals surface area contributed by atoms with Crippen molar-refractivity contribution in [3.05, 3.63) is 65.0 Å². The van der Waals surface area contributed by atoms with Crippen LogP contribution in [-0.2, 0) is 27.3 Å². The molecule has 2 aromatic carbocycles. The number of carbonyl (C=O) groups is 3. The molecule has 0 fully saturated rings. The van der Waals surface area contributed by atoms with E-state index < -0.39 is 67.0 Å². The van der Waals surface area contributed by atoms with Crippen molar-refractivity contribution < 1.29 is 40.7 Å². The second kappa shape index (κ2) is 11.0. The molecule has 1 aliphatic rings. The lowest BCUT2D eigenvalue weighted by molar-refractivity contribution is -0.138. The molecule has 0 spiro atoms. The molecule has 0 aliphatic carbocycles. The van der Waals surface area contributed by atoms with E-state index in [0.717, 1.165) is 9.80 Å². The van der Waals surface area contributed by atoms with Crippen molar-refractivity contribution in [2.24, 2.45) is 5.73 Å². The molecule has 3 rings (SSSR count). The molecule has 1 aliphatic heterocycles. The molecule has 0 radical (unpaired) electrons. The van der Waals surface area contributed by atoms with Crippen LogP contribution >= 0.6 is 0 Å². The minimum Gasteiger partial charge on any atom is -0.345 e. The summed E-state index contributed by atoms with van der Waals surface area (Å²) in [6.45, 7) is -2.81. The Morgan fingerprint density at radius 1 is 1.03 bits per heavy atom. The third kappa shape index (κ3) is 6.97. The van der Waals surface area contributed by atoms with Gasteiger partial charge in [-0.3, -0.25) is 14.4 Å². The zero-order valence-electron chi connectivity index (χ0n) is 18.7. The number of nitrogens with zero attached hydrogens (tertiary/aromatic N) is 2. The van der Waals surface area contributed by atoms with E-state index >= 15 is 0 Å². The summed E-state index contributed by atoms with van der Waals surface area (Å²) in [5, 5.41) is 1.70. The molecule has 1 unspecified atom stereocenters. The van der Waals surface area contributed by atoms with Crippen molar-refractivity contribution in [1.82, 2.24) is 10.2 Å². The number of benzene rings is 2.